The van der Waals surface area contributed by atoms with E-state index in [0.717, 1.165) is 10.6 Å². The molecule has 0 atom stereocenters. The third-order valence-electron chi connectivity index (χ3n) is 3.42. The van der Waals surface area contributed by atoms with E-state index in [1.165, 1.54) is 11.3 Å². The Morgan fingerprint density at radius 2 is 1.73 bits per heavy atom. The van der Waals surface area contributed by atoms with E-state index in [2.05, 4.69) is 4.98 Å². The van der Waals surface area contributed by atoms with Gasteiger partial charge in [-0.25, -0.2) is 14.6 Å². The van der Waals surface area contributed by atoms with Gasteiger partial charge in [-0.2, -0.15) is 0 Å². The minimum absolute atomic E-state index is 0.250. The fourth-order valence-electron chi connectivity index (χ4n) is 2.24. The summed E-state index contributed by atoms with van der Waals surface area (Å²) in [5.74, 6) is -1.91. The van der Waals surface area contributed by atoms with Crippen LogP contribution >= 0.6 is 11.3 Å². The number of nitrogens with zero attached hydrogens (tertiary/aromatic N) is 1. The van der Waals surface area contributed by atoms with Gasteiger partial charge < -0.3 is 10.2 Å². The van der Waals surface area contributed by atoms with Crippen molar-refractivity contribution >= 4 is 23.3 Å². The van der Waals surface area contributed by atoms with E-state index in [1.54, 1.807) is 31.2 Å². The first-order valence-corrected chi connectivity index (χ1v) is 7.56. The van der Waals surface area contributed by atoms with Crippen LogP contribution < -0.4 is 0 Å². The molecular weight excluding hydrogens is 302 g/mol. The van der Waals surface area contributed by atoms with Crippen molar-refractivity contribution < 1.29 is 19.8 Å². The van der Waals surface area contributed by atoms with Crippen LogP contribution in [-0.4, -0.2) is 27.1 Å². The lowest BCUT2D eigenvalue weighted by molar-refractivity contribution is 0.0688. The van der Waals surface area contributed by atoms with Crippen molar-refractivity contribution in [1.29, 1.82) is 0 Å². The van der Waals surface area contributed by atoms with Gasteiger partial charge in [-0.15, -0.1) is 11.3 Å². The molecule has 0 bridgehead atoms. The predicted octanol–water partition coefficient (Wildman–Crippen LogP) is 3.37. The lowest BCUT2D eigenvalue weighted by atomic mass is 9.86. The number of hydrogen-bond acceptors (Lipinski definition) is 4. The van der Waals surface area contributed by atoms with Crippen LogP contribution in [0.4, 0.5) is 0 Å². The van der Waals surface area contributed by atoms with Crippen LogP contribution in [-0.2, 0) is 11.8 Å². The Kier molecular flexibility index (Phi) is 4.32. The Hall–Kier alpha value is -2.21. The van der Waals surface area contributed by atoms with E-state index < -0.39 is 11.9 Å². The second-order valence-corrected chi connectivity index (χ2v) is 6.80. The maximum atomic E-state index is 11.1. The van der Waals surface area contributed by atoms with Gasteiger partial charge in [0.05, 0.1) is 16.3 Å². The molecule has 2 N–H and O–H groups in total. The fraction of sp³-hybridized carbons (Fsp3) is 0.312. The van der Waals surface area contributed by atoms with Gasteiger partial charge in [0.15, 0.2) is 0 Å². The Bertz CT molecular complexity index is 716. The summed E-state index contributed by atoms with van der Waals surface area (Å²) in [6.45, 7) is 5.70. The van der Waals surface area contributed by atoms with Crippen molar-refractivity contribution in [1.82, 2.24) is 4.98 Å². The molecular formula is C16H17NO4S. The highest BCUT2D eigenvalue weighted by Crippen LogP contribution is 2.32. The van der Waals surface area contributed by atoms with E-state index in [1.807, 2.05) is 13.8 Å². The zero-order chi connectivity index (χ0) is 16.5. The van der Waals surface area contributed by atoms with Gasteiger partial charge in [-0.05, 0) is 31.0 Å². The summed E-state index contributed by atoms with van der Waals surface area (Å²) in [6, 6.07) is 6.71. The maximum absolute atomic E-state index is 11.1. The van der Waals surface area contributed by atoms with Gasteiger partial charge in [0.2, 0.25) is 0 Å². The van der Waals surface area contributed by atoms with E-state index in [0.29, 0.717) is 12.1 Å². The highest BCUT2D eigenvalue weighted by atomic mass is 32.1. The molecule has 22 heavy (non-hydrogen) atoms. The molecule has 0 saturated carbocycles. The molecule has 116 valence electrons. The molecule has 2 aromatic rings. The molecule has 0 fully saturated rings. The van der Waals surface area contributed by atoms with E-state index >= 15 is 0 Å². The van der Waals surface area contributed by atoms with Gasteiger partial charge in [0, 0.05) is 5.41 Å². The van der Waals surface area contributed by atoms with Gasteiger partial charge in [0.25, 0.3) is 0 Å². The molecule has 2 rings (SSSR count). The molecule has 0 spiro atoms. The summed E-state index contributed by atoms with van der Waals surface area (Å²) in [6.07, 6.45) is 0.652. The average Bonchev–Trinajstić information content (AvgIpc) is 2.82. The number of aryl methyl sites for hydroxylation is 1. The third-order valence-corrected chi connectivity index (χ3v) is 4.93. The van der Waals surface area contributed by atoms with Crippen LogP contribution in [0.15, 0.2) is 24.3 Å². The Morgan fingerprint density at radius 3 is 2.18 bits per heavy atom. The topological polar surface area (TPSA) is 87.5 Å². The van der Waals surface area contributed by atoms with Crippen LogP contribution in [0, 0.1) is 6.92 Å². The number of rotatable bonds is 5. The summed E-state index contributed by atoms with van der Waals surface area (Å²) in [7, 11) is 0. The van der Waals surface area contributed by atoms with Gasteiger partial charge in [0.1, 0.15) is 4.88 Å². The van der Waals surface area contributed by atoms with Crippen molar-refractivity contribution in [3.63, 3.8) is 0 Å². The molecule has 0 aliphatic carbocycles. The minimum atomic E-state index is -0.956. The van der Waals surface area contributed by atoms with Crippen molar-refractivity contribution in [2.45, 2.75) is 32.6 Å². The number of benzene rings is 1. The predicted molar refractivity (Wildman–Crippen MR) is 83.9 cm³/mol. The first-order valence-electron chi connectivity index (χ1n) is 6.74. The number of carboxylic acids is 2. The number of hydrogen-bond donors (Lipinski definition) is 2. The normalized spacial score (nSPS) is 11.4. The number of thiazole rings is 1. The van der Waals surface area contributed by atoms with Crippen LogP contribution in [0.1, 0.15) is 50.1 Å². The number of carbonyl (C=O) groups is 2. The average molecular weight is 319 g/mol. The van der Waals surface area contributed by atoms with Crippen LogP contribution in [0.25, 0.3) is 0 Å². The number of aromatic carboxylic acids is 2. The summed E-state index contributed by atoms with van der Waals surface area (Å²) < 4.78 is 0. The lowest BCUT2D eigenvalue weighted by Crippen LogP contribution is -2.20. The molecule has 1 aromatic carbocycles. The Morgan fingerprint density at radius 1 is 1.14 bits per heavy atom. The summed E-state index contributed by atoms with van der Waals surface area (Å²) in [4.78, 5) is 26.7. The van der Waals surface area contributed by atoms with Crippen LogP contribution in [0.2, 0.25) is 0 Å². The zero-order valence-corrected chi connectivity index (χ0v) is 13.4. The minimum Gasteiger partial charge on any atom is -0.478 e. The van der Waals surface area contributed by atoms with E-state index in [-0.39, 0.29) is 15.9 Å². The first-order chi connectivity index (χ1) is 10.2. The van der Waals surface area contributed by atoms with Crippen molar-refractivity contribution in [2.75, 3.05) is 0 Å². The van der Waals surface area contributed by atoms with Gasteiger partial charge in [-0.3, -0.25) is 0 Å². The second-order valence-electron chi connectivity index (χ2n) is 5.80. The Labute approximate surface area is 132 Å². The quantitative estimate of drug-likeness (QED) is 0.882. The SMILES string of the molecule is Cc1nc(C(C)(C)Cc2ccc(C(=O)O)cc2)sc1C(=O)O. The van der Waals surface area contributed by atoms with Crippen molar-refractivity contribution in [2.24, 2.45) is 0 Å². The van der Waals surface area contributed by atoms with E-state index in [9.17, 15) is 9.59 Å². The molecule has 0 radical (unpaired) electrons. The van der Waals surface area contributed by atoms with Crippen LogP contribution in [0.3, 0.4) is 0 Å². The van der Waals surface area contributed by atoms with Crippen molar-refractivity contribution in [3.8, 4) is 0 Å². The first kappa shape index (κ1) is 16.2. The monoisotopic (exact) mass is 319 g/mol. The van der Waals surface area contributed by atoms with Crippen molar-refractivity contribution in [3.05, 3.63) is 51.0 Å². The third kappa shape index (κ3) is 3.33. The second kappa shape index (κ2) is 5.88. The molecule has 6 heteroatoms. The summed E-state index contributed by atoms with van der Waals surface area (Å²) >= 11 is 1.20. The molecule has 1 aromatic heterocycles. The summed E-state index contributed by atoms with van der Waals surface area (Å²) in [5, 5.41) is 18.8. The Balaban J connectivity index is 2.25. The molecule has 5 nitrogen and oxygen atoms in total. The molecule has 0 saturated heterocycles. The number of carboxylic acid groups (broad SMARTS) is 2. The standard InChI is InChI=1S/C16H17NO4S/c1-9-12(14(20)21)22-15(17-9)16(2,3)8-10-4-6-11(7-5-10)13(18)19/h4-7H,8H2,1-3H3,(H,18,19)(H,20,21). The highest BCUT2D eigenvalue weighted by molar-refractivity contribution is 7.13. The molecule has 0 aliphatic heterocycles. The zero-order valence-electron chi connectivity index (χ0n) is 12.6. The highest BCUT2D eigenvalue weighted by Gasteiger charge is 2.27. The largest absolute Gasteiger partial charge is 0.478 e. The molecule has 1 heterocycles. The number of aromatic nitrogens is 1. The summed E-state index contributed by atoms with van der Waals surface area (Å²) in [5.41, 5.74) is 1.44. The molecule has 0 amide bonds. The molecule has 0 unspecified atom stereocenters. The van der Waals surface area contributed by atoms with Gasteiger partial charge >= 0.3 is 11.9 Å². The van der Waals surface area contributed by atoms with E-state index in [4.69, 9.17) is 10.2 Å². The van der Waals surface area contributed by atoms with Gasteiger partial charge in [-0.1, -0.05) is 26.0 Å². The molecule has 0 aliphatic rings. The van der Waals surface area contributed by atoms with Crippen LogP contribution in [0.5, 0.6) is 0 Å². The lowest BCUT2D eigenvalue weighted by Gasteiger charge is -2.22. The maximum Gasteiger partial charge on any atom is 0.347 e. The smallest absolute Gasteiger partial charge is 0.347 e. The fourth-order valence-corrected chi connectivity index (χ4v) is 3.24.